The van der Waals surface area contributed by atoms with Gasteiger partial charge in [0.15, 0.2) is 0 Å². The molecular weight excluding hydrogens is 612 g/mol. The molecule has 3 N–H and O–H groups in total. The zero-order valence-corrected chi connectivity index (χ0v) is 26.7. The van der Waals surface area contributed by atoms with Crippen LogP contribution < -0.4 is 15.4 Å². The van der Waals surface area contributed by atoms with Crippen LogP contribution in [0.1, 0.15) is 6.92 Å². The van der Waals surface area contributed by atoms with Gasteiger partial charge in [-0.15, -0.1) is 0 Å². The van der Waals surface area contributed by atoms with E-state index in [-0.39, 0.29) is 12.5 Å². The lowest BCUT2D eigenvalue weighted by Crippen LogP contribution is -2.31. The van der Waals surface area contributed by atoms with Gasteiger partial charge < -0.3 is 63.1 Å². The van der Waals surface area contributed by atoms with E-state index in [2.05, 4.69) is 15.4 Å². The van der Waals surface area contributed by atoms with Crippen molar-refractivity contribution in [1.29, 1.82) is 0 Å². The predicted octanol–water partition coefficient (Wildman–Crippen LogP) is 0.374. The first-order valence-corrected chi connectivity index (χ1v) is 15.2. The summed E-state index contributed by atoms with van der Waals surface area (Å²) in [6.45, 7) is 8.42. The van der Waals surface area contributed by atoms with Crippen LogP contribution >= 0.6 is 0 Å². The fourth-order valence-corrected chi connectivity index (χ4v) is 3.24. The number of nitrogens with one attached hydrogen (secondary N) is 2. The molecule has 16 heteroatoms. The number of carboxylic acid groups (broad SMARTS) is 1. The lowest BCUT2D eigenvalue weighted by Gasteiger charge is -2.09. The zero-order chi connectivity index (χ0) is 33.3. The Morgan fingerprint density at radius 3 is 1.33 bits per heavy atom. The summed E-state index contributed by atoms with van der Waals surface area (Å²) in [6, 6.07) is 7.14. The van der Waals surface area contributed by atoms with E-state index >= 15 is 0 Å². The van der Waals surface area contributed by atoms with Crippen LogP contribution in [-0.4, -0.2) is 155 Å². The van der Waals surface area contributed by atoms with E-state index in [1.54, 1.807) is 24.3 Å². The number of anilines is 1. The molecule has 0 aliphatic rings. The number of carbonyl (C=O) groups excluding carboxylic acids is 2. The van der Waals surface area contributed by atoms with E-state index in [1.807, 2.05) is 0 Å². The largest absolute Gasteiger partial charge is 0.491 e. The Hall–Kier alpha value is -2.93. The summed E-state index contributed by atoms with van der Waals surface area (Å²) in [5, 5.41) is 13.7. The molecule has 0 aliphatic carbocycles. The molecule has 0 saturated carbocycles. The van der Waals surface area contributed by atoms with Gasteiger partial charge in [-0.25, -0.2) is 4.79 Å². The molecule has 0 heterocycles. The van der Waals surface area contributed by atoms with Gasteiger partial charge in [-0.1, -0.05) is 0 Å². The number of benzene rings is 1. The Kier molecular flexibility index (Phi) is 27.4. The standard InChI is InChI=1S/C30H50N2O14/c1-26(33)32-27-2-4-28(5-3-27)46-23-22-44-21-20-43-19-18-42-17-16-41-15-14-40-13-12-39-11-10-38-9-8-37-7-6-31-29(34)24-45-25-30(35)36/h2-5H,6-25H2,1H3,(H,31,34)(H,32,33)(H,35,36). The molecule has 2 amide bonds. The monoisotopic (exact) mass is 662 g/mol. The third kappa shape index (κ3) is 28.5. The topological polar surface area (TPSA) is 188 Å². The van der Waals surface area contributed by atoms with Gasteiger partial charge >= 0.3 is 5.97 Å². The first kappa shape index (κ1) is 41.1. The first-order chi connectivity index (χ1) is 22.5. The van der Waals surface area contributed by atoms with Crippen molar-refractivity contribution in [2.24, 2.45) is 0 Å². The molecular formula is C30H50N2O14. The molecule has 0 unspecified atom stereocenters. The molecule has 0 aliphatic heterocycles. The summed E-state index contributed by atoms with van der Waals surface area (Å²) in [6.07, 6.45) is 0. The van der Waals surface area contributed by atoms with Crippen LogP contribution in [0.2, 0.25) is 0 Å². The maximum absolute atomic E-state index is 11.4. The molecule has 1 aromatic carbocycles. The molecule has 264 valence electrons. The van der Waals surface area contributed by atoms with Gasteiger partial charge in [0.1, 0.15) is 25.6 Å². The van der Waals surface area contributed by atoms with E-state index in [9.17, 15) is 14.4 Å². The summed E-state index contributed by atoms with van der Waals surface area (Å²) in [5.41, 5.74) is 0.723. The number of carbonyl (C=O) groups is 3. The van der Waals surface area contributed by atoms with Crippen molar-refractivity contribution in [2.45, 2.75) is 6.92 Å². The second-order valence-electron chi connectivity index (χ2n) is 9.19. The molecule has 0 atom stereocenters. The summed E-state index contributed by atoms with van der Waals surface area (Å²) in [4.78, 5) is 32.7. The fraction of sp³-hybridized carbons (Fsp3) is 0.700. The Morgan fingerprint density at radius 2 is 0.935 bits per heavy atom. The van der Waals surface area contributed by atoms with Crippen molar-refractivity contribution in [2.75, 3.05) is 137 Å². The second-order valence-corrected chi connectivity index (χ2v) is 9.19. The summed E-state index contributed by atoms with van der Waals surface area (Å²) in [5.74, 6) is -0.936. The van der Waals surface area contributed by atoms with Gasteiger partial charge in [0, 0.05) is 19.2 Å². The Bertz CT molecular complexity index is 891. The van der Waals surface area contributed by atoms with Gasteiger partial charge in [0.2, 0.25) is 11.8 Å². The van der Waals surface area contributed by atoms with E-state index in [0.29, 0.717) is 125 Å². The van der Waals surface area contributed by atoms with Crippen LogP contribution in [-0.2, 0) is 57.0 Å². The van der Waals surface area contributed by atoms with Gasteiger partial charge in [0.25, 0.3) is 0 Å². The number of ether oxygens (including phenoxy) is 10. The Labute approximate surface area is 270 Å². The van der Waals surface area contributed by atoms with Gasteiger partial charge in [-0.3, -0.25) is 9.59 Å². The highest BCUT2D eigenvalue weighted by Gasteiger charge is 2.03. The van der Waals surface area contributed by atoms with E-state index < -0.39 is 18.5 Å². The minimum atomic E-state index is -1.13. The lowest BCUT2D eigenvalue weighted by molar-refractivity contribution is -0.143. The van der Waals surface area contributed by atoms with Crippen LogP contribution in [0.5, 0.6) is 5.75 Å². The van der Waals surface area contributed by atoms with Crippen molar-refractivity contribution in [3.8, 4) is 5.75 Å². The van der Waals surface area contributed by atoms with Crippen LogP contribution in [0.4, 0.5) is 5.69 Å². The second kappa shape index (κ2) is 30.7. The molecule has 1 aromatic rings. The number of hydrogen-bond acceptors (Lipinski definition) is 13. The summed E-state index contributed by atoms with van der Waals surface area (Å²) in [7, 11) is 0. The molecule has 1 rings (SSSR count). The van der Waals surface area contributed by atoms with Crippen molar-refractivity contribution >= 4 is 23.5 Å². The van der Waals surface area contributed by atoms with Crippen LogP contribution in [0, 0.1) is 0 Å². The third-order valence-electron chi connectivity index (χ3n) is 5.30. The average molecular weight is 663 g/mol. The van der Waals surface area contributed by atoms with E-state index in [1.165, 1.54) is 6.92 Å². The molecule has 0 bridgehead atoms. The molecule has 0 spiro atoms. The van der Waals surface area contributed by atoms with Crippen LogP contribution in [0.15, 0.2) is 24.3 Å². The SMILES string of the molecule is CC(=O)Nc1ccc(OCCOCCOCCOCCOCCOCCOCCOCCOCCNC(=O)COCC(=O)O)cc1. The maximum atomic E-state index is 11.4. The number of rotatable bonds is 33. The first-order valence-electron chi connectivity index (χ1n) is 15.2. The smallest absolute Gasteiger partial charge is 0.329 e. The third-order valence-corrected chi connectivity index (χ3v) is 5.30. The van der Waals surface area contributed by atoms with Crippen molar-refractivity contribution in [1.82, 2.24) is 5.32 Å². The Balaban J connectivity index is 1.69. The molecule has 0 aromatic heterocycles. The normalized spacial score (nSPS) is 11.0. The minimum Gasteiger partial charge on any atom is -0.491 e. The molecule has 16 nitrogen and oxygen atoms in total. The van der Waals surface area contributed by atoms with E-state index in [4.69, 9.17) is 47.7 Å². The molecule has 0 fully saturated rings. The molecule has 0 saturated heterocycles. The minimum absolute atomic E-state index is 0.116. The number of carboxylic acids is 1. The van der Waals surface area contributed by atoms with Crippen molar-refractivity contribution in [3.05, 3.63) is 24.3 Å². The highest BCUT2D eigenvalue weighted by molar-refractivity contribution is 5.88. The fourth-order valence-electron chi connectivity index (χ4n) is 3.24. The van der Waals surface area contributed by atoms with Crippen molar-refractivity contribution < 1.29 is 66.9 Å². The van der Waals surface area contributed by atoms with Gasteiger partial charge in [0.05, 0.1) is 106 Å². The van der Waals surface area contributed by atoms with Crippen molar-refractivity contribution in [3.63, 3.8) is 0 Å². The zero-order valence-electron chi connectivity index (χ0n) is 26.7. The number of aliphatic carboxylic acids is 1. The summed E-state index contributed by atoms with van der Waals surface area (Å²) < 4.78 is 53.7. The summed E-state index contributed by atoms with van der Waals surface area (Å²) >= 11 is 0. The highest BCUT2D eigenvalue weighted by atomic mass is 16.6. The lowest BCUT2D eigenvalue weighted by atomic mass is 10.3. The van der Waals surface area contributed by atoms with Gasteiger partial charge in [-0.05, 0) is 24.3 Å². The molecule has 0 radical (unpaired) electrons. The number of hydrogen-bond donors (Lipinski definition) is 3. The van der Waals surface area contributed by atoms with Crippen LogP contribution in [0.25, 0.3) is 0 Å². The quantitative estimate of drug-likeness (QED) is 0.0876. The highest BCUT2D eigenvalue weighted by Crippen LogP contribution is 2.15. The maximum Gasteiger partial charge on any atom is 0.329 e. The van der Waals surface area contributed by atoms with Crippen LogP contribution in [0.3, 0.4) is 0 Å². The Morgan fingerprint density at radius 1 is 0.543 bits per heavy atom. The number of amides is 2. The molecule has 46 heavy (non-hydrogen) atoms. The van der Waals surface area contributed by atoms with E-state index in [0.717, 1.165) is 5.69 Å². The van der Waals surface area contributed by atoms with Gasteiger partial charge in [-0.2, -0.15) is 0 Å². The predicted molar refractivity (Wildman–Crippen MR) is 164 cm³/mol. The average Bonchev–Trinajstić information content (AvgIpc) is 3.02.